The summed E-state index contributed by atoms with van der Waals surface area (Å²) in [6.07, 6.45) is 3.00. The molecule has 2 aliphatic heterocycles. The van der Waals surface area contributed by atoms with E-state index < -0.39 is 31.0 Å². The van der Waals surface area contributed by atoms with Crippen molar-refractivity contribution in [2.75, 3.05) is 29.3 Å². The number of fused-ring (bicyclic) bond motifs is 4. The molecule has 2 aromatic heterocycles. The second-order valence-corrected chi connectivity index (χ2v) is 14.6. The fourth-order valence-corrected chi connectivity index (χ4v) is 6.70. The second kappa shape index (κ2) is 13.1. The Bertz CT molecular complexity index is 1820. The highest BCUT2D eigenvalue weighted by atomic mass is 32.2. The summed E-state index contributed by atoms with van der Waals surface area (Å²) >= 11 is 1.26. The molecule has 4 heterocycles. The summed E-state index contributed by atoms with van der Waals surface area (Å²) in [6.45, 7) is 7.98. The Balaban J connectivity index is 1.36. The summed E-state index contributed by atoms with van der Waals surface area (Å²) < 4.78 is 65.1. The molecule has 1 amide bonds. The van der Waals surface area contributed by atoms with Crippen LogP contribution in [0.3, 0.4) is 0 Å². The third kappa shape index (κ3) is 7.58. The molecule has 6 rings (SSSR count). The summed E-state index contributed by atoms with van der Waals surface area (Å²) in [6, 6.07) is 14.5. The molecule has 2 aromatic carbocycles. The first kappa shape index (κ1) is 34.4. The molecule has 4 bridgehead atoms. The van der Waals surface area contributed by atoms with E-state index in [2.05, 4.69) is 40.4 Å². The van der Waals surface area contributed by atoms with Crippen molar-refractivity contribution in [1.29, 1.82) is 0 Å². The van der Waals surface area contributed by atoms with E-state index in [1.807, 2.05) is 38.1 Å². The van der Waals surface area contributed by atoms with E-state index in [0.717, 1.165) is 26.5 Å². The fraction of sp³-hybridized carbons (Fsp3) is 0.400. The van der Waals surface area contributed by atoms with Gasteiger partial charge >= 0.3 is 11.8 Å². The van der Waals surface area contributed by atoms with Crippen molar-refractivity contribution in [3.05, 3.63) is 83.4 Å². The van der Waals surface area contributed by atoms with E-state index in [-0.39, 0.29) is 36.0 Å². The van der Waals surface area contributed by atoms with E-state index in [0.29, 0.717) is 29.5 Å². The van der Waals surface area contributed by atoms with Gasteiger partial charge in [0.2, 0.25) is 11.8 Å². The lowest BCUT2D eigenvalue weighted by Gasteiger charge is -2.35. The number of aromatic nitrogens is 4. The Morgan fingerprint density at radius 3 is 2.27 bits per heavy atom. The van der Waals surface area contributed by atoms with Crippen molar-refractivity contribution in [2.45, 2.75) is 70.4 Å². The maximum atomic E-state index is 14.3. The molecule has 14 heteroatoms. The second-order valence-electron chi connectivity index (χ2n) is 13.7. The van der Waals surface area contributed by atoms with E-state index >= 15 is 0 Å². The normalized spacial score (nSPS) is 19.0. The van der Waals surface area contributed by atoms with Gasteiger partial charge in [0.15, 0.2) is 0 Å². The van der Waals surface area contributed by atoms with Gasteiger partial charge in [0.05, 0.1) is 49.5 Å². The lowest BCUT2D eigenvalue weighted by Crippen LogP contribution is -2.45. The van der Waals surface area contributed by atoms with Crippen LogP contribution in [0.15, 0.2) is 65.8 Å². The van der Waals surface area contributed by atoms with E-state index in [1.165, 1.54) is 24.3 Å². The largest absolute Gasteiger partial charge is 0.475 e. The van der Waals surface area contributed by atoms with E-state index in [4.69, 9.17) is 9.72 Å². The average Bonchev–Trinajstić information content (AvgIpc) is 3.26. The SMILES string of the molecule is Cc1cccc(C)c1-c1cc2nc(n1)NSc1cccc(c1)C(=O)N(Cc1ncc(N3CC(F)(F)C(F)(F)C3)cn1)[C@H](CC(C)(C)C)CO2. The number of carbonyl (C=O) groups excluding carboxylic acids is 1. The highest BCUT2D eigenvalue weighted by molar-refractivity contribution is 8.00. The van der Waals surface area contributed by atoms with Crippen LogP contribution in [0.4, 0.5) is 29.2 Å². The minimum atomic E-state index is -4.16. The summed E-state index contributed by atoms with van der Waals surface area (Å²) in [7, 11) is 0. The minimum Gasteiger partial charge on any atom is -0.475 e. The van der Waals surface area contributed by atoms with Crippen molar-refractivity contribution in [1.82, 2.24) is 24.8 Å². The molecule has 2 aliphatic rings. The van der Waals surface area contributed by atoms with Crippen LogP contribution in [0.1, 0.15) is 54.5 Å². The van der Waals surface area contributed by atoms with Crippen molar-refractivity contribution < 1.29 is 27.1 Å². The highest BCUT2D eigenvalue weighted by Gasteiger charge is 2.63. The minimum absolute atomic E-state index is 0.0444. The van der Waals surface area contributed by atoms with Gasteiger partial charge in [-0.3, -0.25) is 9.52 Å². The molecule has 0 spiro atoms. The van der Waals surface area contributed by atoms with Gasteiger partial charge in [0.1, 0.15) is 12.4 Å². The number of aryl methyl sites for hydroxylation is 2. The van der Waals surface area contributed by atoms with E-state index in [1.54, 1.807) is 29.2 Å². The average molecular weight is 696 g/mol. The smallest absolute Gasteiger partial charge is 0.329 e. The monoisotopic (exact) mass is 695 g/mol. The molecule has 49 heavy (non-hydrogen) atoms. The number of nitrogens with zero attached hydrogens (tertiary/aromatic N) is 6. The lowest BCUT2D eigenvalue weighted by molar-refractivity contribution is -0.172. The fourth-order valence-electron chi connectivity index (χ4n) is 6.06. The number of amides is 1. The van der Waals surface area contributed by atoms with Crippen molar-refractivity contribution in [3.8, 4) is 17.1 Å². The molecule has 0 saturated carbocycles. The Labute approximate surface area is 286 Å². The lowest BCUT2D eigenvalue weighted by atomic mass is 9.87. The standard InChI is InChI=1S/C35H37F4N7O2S/c1-21-8-6-9-22(2)30(21)27-13-29-43-32(42-27)44-49-26-11-7-10-23(12-26)31(47)46(24(18-48-29)14-33(3,4)5)17-28-40-15-25(16-41-28)45-19-34(36,37)35(38,39)20-45/h6-13,15-16,24H,14,17-20H2,1-5H3,(H,42,43,44)/t24-/m1/s1. The van der Waals surface area contributed by atoms with Gasteiger partial charge in [0, 0.05) is 22.1 Å². The number of benzene rings is 2. The summed E-state index contributed by atoms with van der Waals surface area (Å²) in [4.78, 5) is 35.7. The van der Waals surface area contributed by atoms with Crippen LogP contribution >= 0.6 is 11.9 Å². The Morgan fingerprint density at radius 2 is 1.61 bits per heavy atom. The first-order valence-electron chi connectivity index (χ1n) is 15.8. The Kier molecular flexibility index (Phi) is 9.20. The molecular weight excluding hydrogens is 658 g/mol. The molecule has 0 unspecified atom stereocenters. The molecule has 1 atom stereocenters. The van der Waals surface area contributed by atoms with Crippen LogP contribution in [-0.2, 0) is 6.54 Å². The first-order valence-corrected chi connectivity index (χ1v) is 16.6. The zero-order valence-corrected chi connectivity index (χ0v) is 28.6. The van der Waals surface area contributed by atoms with Crippen molar-refractivity contribution in [2.24, 2.45) is 5.41 Å². The molecule has 0 aliphatic carbocycles. The number of hydrogen-bond acceptors (Lipinski definition) is 9. The molecule has 0 radical (unpaired) electrons. The van der Waals surface area contributed by atoms with Crippen LogP contribution in [0.2, 0.25) is 0 Å². The number of rotatable bonds is 5. The van der Waals surface area contributed by atoms with Gasteiger partial charge in [0.25, 0.3) is 5.91 Å². The maximum Gasteiger partial charge on any atom is 0.329 e. The number of carbonyl (C=O) groups is 1. The first-order chi connectivity index (χ1) is 23.1. The van der Waals surface area contributed by atoms with Crippen molar-refractivity contribution >= 4 is 29.5 Å². The number of hydrogen-bond donors (Lipinski definition) is 1. The molecule has 1 fully saturated rings. The predicted molar refractivity (Wildman–Crippen MR) is 180 cm³/mol. The van der Waals surface area contributed by atoms with Gasteiger partial charge in [-0.25, -0.2) is 15.0 Å². The zero-order chi connectivity index (χ0) is 35.1. The molecule has 9 nitrogen and oxygen atoms in total. The van der Waals surface area contributed by atoms with Gasteiger partial charge < -0.3 is 14.5 Å². The van der Waals surface area contributed by atoms with Gasteiger partial charge in [-0.05, 0) is 67.0 Å². The van der Waals surface area contributed by atoms with Crippen molar-refractivity contribution in [3.63, 3.8) is 0 Å². The summed E-state index contributed by atoms with van der Waals surface area (Å²) in [5, 5.41) is 0. The maximum absolute atomic E-state index is 14.3. The number of alkyl halides is 4. The molecular formula is C35H37F4N7O2S. The van der Waals surface area contributed by atoms with Crippen LogP contribution < -0.4 is 14.4 Å². The predicted octanol–water partition coefficient (Wildman–Crippen LogP) is 7.60. The Morgan fingerprint density at radius 1 is 0.959 bits per heavy atom. The molecule has 1 saturated heterocycles. The van der Waals surface area contributed by atoms with Crippen LogP contribution in [0.5, 0.6) is 5.88 Å². The quantitative estimate of drug-likeness (QED) is 0.167. The van der Waals surface area contributed by atoms with E-state index in [9.17, 15) is 22.4 Å². The third-order valence-electron chi connectivity index (χ3n) is 8.44. The number of ether oxygens (including phenoxy) is 1. The van der Waals surface area contributed by atoms with Crippen LogP contribution in [-0.4, -0.2) is 68.3 Å². The number of halogens is 4. The van der Waals surface area contributed by atoms with Gasteiger partial charge in [-0.1, -0.05) is 45.0 Å². The molecule has 4 aromatic rings. The Hall–Kier alpha value is -4.46. The van der Waals surface area contributed by atoms with Gasteiger partial charge in [-0.15, -0.1) is 0 Å². The summed E-state index contributed by atoms with van der Waals surface area (Å²) in [5.41, 5.74) is 3.99. The number of nitrogens with one attached hydrogen (secondary N) is 1. The van der Waals surface area contributed by atoms with Gasteiger partial charge in [-0.2, -0.15) is 22.5 Å². The highest BCUT2D eigenvalue weighted by Crippen LogP contribution is 2.42. The molecule has 1 N–H and O–H groups in total. The molecule has 258 valence electrons. The number of anilines is 2. The van der Waals surface area contributed by atoms with Crippen LogP contribution in [0.25, 0.3) is 11.3 Å². The summed E-state index contributed by atoms with van der Waals surface area (Å²) in [5.74, 6) is -7.73. The third-order valence-corrected chi connectivity index (χ3v) is 9.21. The van der Waals surface area contributed by atoms with Crippen LogP contribution in [0, 0.1) is 19.3 Å². The zero-order valence-electron chi connectivity index (χ0n) is 27.8. The topological polar surface area (TPSA) is 96.4 Å².